The second kappa shape index (κ2) is 5.45. The minimum atomic E-state index is -1.90. The topological polar surface area (TPSA) is 18.5 Å². The van der Waals surface area contributed by atoms with Crippen LogP contribution in [0.25, 0.3) is 0 Å². The summed E-state index contributed by atoms with van der Waals surface area (Å²) in [5, 5.41) is 0. The van der Waals surface area contributed by atoms with Crippen molar-refractivity contribution < 1.29 is 9.05 Å². The molecule has 0 heterocycles. The fourth-order valence-corrected chi connectivity index (χ4v) is 4.06. The molecule has 4 heteroatoms. The number of hydrogen-bond acceptors (Lipinski definition) is 3. The Morgan fingerprint density at radius 2 is 1.77 bits per heavy atom. The van der Waals surface area contributed by atoms with E-state index in [1.165, 1.54) is 19.3 Å². The molecule has 1 rings (SSSR count). The van der Waals surface area contributed by atoms with Gasteiger partial charge in [0.1, 0.15) is 0 Å². The van der Waals surface area contributed by atoms with Crippen molar-refractivity contribution in [3.8, 4) is 0 Å². The fraction of sp³-hybridized carbons (Fsp3) is 1.00. The Bertz CT molecular complexity index is 182. The monoisotopic (exact) mass is 222 g/mol. The molecule has 0 radical (unpaired) electrons. The highest BCUT2D eigenvalue weighted by Crippen LogP contribution is 2.51. The van der Waals surface area contributed by atoms with E-state index in [4.69, 9.17) is 20.9 Å². The van der Waals surface area contributed by atoms with Gasteiger partial charge in [-0.3, -0.25) is 0 Å². The van der Waals surface area contributed by atoms with Crippen molar-refractivity contribution in [1.82, 2.24) is 0 Å². The third-order valence-electron chi connectivity index (χ3n) is 2.16. The molecule has 1 saturated carbocycles. The quantitative estimate of drug-likeness (QED) is 0.616. The van der Waals surface area contributed by atoms with Gasteiger partial charge in [0.05, 0.1) is 13.2 Å². The summed E-state index contributed by atoms with van der Waals surface area (Å²) in [7, 11) is 0. The molecule has 0 aromatic rings. The van der Waals surface area contributed by atoms with Crippen molar-refractivity contribution in [3.63, 3.8) is 0 Å². The van der Waals surface area contributed by atoms with E-state index in [1.54, 1.807) is 0 Å². The molecular formula is C9H19O2PS. The first-order chi connectivity index (χ1) is 6.20. The predicted octanol–water partition coefficient (Wildman–Crippen LogP) is 3.17. The molecule has 0 spiro atoms. The van der Waals surface area contributed by atoms with Gasteiger partial charge in [0.2, 0.25) is 0 Å². The highest BCUT2D eigenvalue weighted by molar-refractivity contribution is 8.09. The van der Waals surface area contributed by atoms with Crippen LogP contribution in [0.3, 0.4) is 0 Å². The van der Waals surface area contributed by atoms with E-state index < -0.39 is 6.49 Å². The summed E-state index contributed by atoms with van der Waals surface area (Å²) in [6, 6.07) is 0. The van der Waals surface area contributed by atoms with Crippen molar-refractivity contribution >= 4 is 18.3 Å². The lowest BCUT2D eigenvalue weighted by Gasteiger charge is -2.20. The molecule has 1 fully saturated rings. The summed E-state index contributed by atoms with van der Waals surface area (Å²) in [6.45, 7) is 3.43. The van der Waals surface area contributed by atoms with Crippen molar-refractivity contribution in [1.29, 1.82) is 0 Å². The van der Waals surface area contributed by atoms with Gasteiger partial charge in [0.15, 0.2) is 6.49 Å². The van der Waals surface area contributed by atoms with Crippen molar-refractivity contribution in [3.05, 3.63) is 0 Å². The van der Waals surface area contributed by atoms with Crippen LogP contribution in [0.1, 0.15) is 33.1 Å². The van der Waals surface area contributed by atoms with E-state index in [1.807, 2.05) is 13.8 Å². The van der Waals surface area contributed by atoms with Crippen LogP contribution in [0, 0.1) is 5.92 Å². The molecule has 0 amide bonds. The third kappa shape index (κ3) is 4.55. The van der Waals surface area contributed by atoms with Crippen LogP contribution in [0.2, 0.25) is 0 Å². The van der Waals surface area contributed by atoms with E-state index in [-0.39, 0.29) is 0 Å². The second-order valence-electron chi connectivity index (χ2n) is 3.40. The Kier molecular flexibility index (Phi) is 4.88. The van der Waals surface area contributed by atoms with Crippen molar-refractivity contribution in [2.45, 2.75) is 33.1 Å². The van der Waals surface area contributed by atoms with Gasteiger partial charge in [-0.25, -0.2) is 0 Å². The standard InChI is InChI=1S/C9H19O2PS/c1-3-10-12(13,11-4-2)8-7-9-5-6-9/h9H,3-8H2,1-2H3. The van der Waals surface area contributed by atoms with Gasteiger partial charge in [-0.15, -0.1) is 0 Å². The first-order valence-electron chi connectivity index (χ1n) is 5.08. The second-order valence-corrected chi connectivity index (χ2v) is 7.26. The molecule has 2 nitrogen and oxygen atoms in total. The molecule has 0 N–H and O–H groups in total. The Morgan fingerprint density at radius 1 is 1.23 bits per heavy atom. The van der Waals surface area contributed by atoms with E-state index in [0.717, 1.165) is 12.1 Å². The summed E-state index contributed by atoms with van der Waals surface area (Å²) in [4.78, 5) is 0. The average molecular weight is 222 g/mol. The smallest absolute Gasteiger partial charge is 0.188 e. The summed E-state index contributed by atoms with van der Waals surface area (Å²) in [5.41, 5.74) is 0. The van der Waals surface area contributed by atoms with Crippen LogP contribution < -0.4 is 0 Å². The maximum Gasteiger partial charge on any atom is 0.188 e. The van der Waals surface area contributed by atoms with Gasteiger partial charge in [0, 0.05) is 6.16 Å². The molecular weight excluding hydrogens is 203 g/mol. The van der Waals surface area contributed by atoms with E-state index in [0.29, 0.717) is 13.2 Å². The first kappa shape index (κ1) is 11.6. The summed E-state index contributed by atoms with van der Waals surface area (Å²) < 4.78 is 11.1. The Hall–Kier alpha value is 0.570. The Balaban J connectivity index is 2.29. The Labute approximate surface area is 86.2 Å². The molecule has 1 aliphatic carbocycles. The SMILES string of the molecule is CCOP(=S)(CCC1CC1)OCC. The molecule has 0 bridgehead atoms. The van der Waals surface area contributed by atoms with Gasteiger partial charge in [0.25, 0.3) is 0 Å². The lowest BCUT2D eigenvalue weighted by Crippen LogP contribution is -2.00. The van der Waals surface area contributed by atoms with Gasteiger partial charge in [-0.2, -0.15) is 0 Å². The lowest BCUT2D eigenvalue weighted by molar-refractivity contribution is 0.266. The maximum atomic E-state index is 5.55. The van der Waals surface area contributed by atoms with Gasteiger partial charge < -0.3 is 9.05 Å². The van der Waals surface area contributed by atoms with E-state index in [9.17, 15) is 0 Å². The zero-order valence-electron chi connectivity index (χ0n) is 8.49. The highest BCUT2D eigenvalue weighted by Gasteiger charge is 2.26. The molecule has 0 aromatic carbocycles. The normalized spacial score (nSPS) is 17.7. The van der Waals surface area contributed by atoms with Crippen molar-refractivity contribution in [2.24, 2.45) is 5.92 Å². The average Bonchev–Trinajstić information content (AvgIpc) is 2.85. The molecule has 78 valence electrons. The van der Waals surface area contributed by atoms with Crippen molar-refractivity contribution in [2.75, 3.05) is 19.4 Å². The number of hydrogen-bond donors (Lipinski definition) is 0. The minimum absolute atomic E-state index is 0.682. The molecule has 0 unspecified atom stereocenters. The zero-order valence-corrected chi connectivity index (χ0v) is 10.2. The van der Waals surface area contributed by atoms with Gasteiger partial charge in [-0.05, 0) is 38.0 Å². The number of rotatable bonds is 7. The maximum absolute atomic E-state index is 5.55. The summed E-state index contributed by atoms with van der Waals surface area (Å²) >= 11 is 5.41. The molecule has 0 aromatic heterocycles. The van der Waals surface area contributed by atoms with Crippen LogP contribution in [-0.4, -0.2) is 19.4 Å². The minimum Gasteiger partial charge on any atom is -0.330 e. The van der Waals surface area contributed by atoms with E-state index in [2.05, 4.69) is 0 Å². The molecule has 0 atom stereocenters. The largest absolute Gasteiger partial charge is 0.330 e. The predicted molar refractivity (Wildman–Crippen MR) is 59.7 cm³/mol. The summed E-state index contributed by atoms with van der Waals surface area (Å²) in [6.07, 6.45) is 4.94. The van der Waals surface area contributed by atoms with Crippen LogP contribution in [-0.2, 0) is 20.9 Å². The fourth-order valence-electron chi connectivity index (χ4n) is 1.31. The van der Waals surface area contributed by atoms with E-state index >= 15 is 0 Å². The molecule has 13 heavy (non-hydrogen) atoms. The Morgan fingerprint density at radius 3 is 2.15 bits per heavy atom. The van der Waals surface area contributed by atoms with Gasteiger partial charge in [-0.1, -0.05) is 12.8 Å². The van der Waals surface area contributed by atoms with Crippen LogP contribution in [0.15, 0.2) is 0 Å². The van der Waals surface area contributed by atoms with Crippen LogP contribution in [0.5, 0.6) is 0 Å². The first-order valence-corrected chi connectivity index (χ1v) is 7.90. The molecule has 1 aliphatic rings. The molecule has 0 saturated heterocycles. The zero-order chi connectivity index (χ0) is 9.73. The van der Waals surface area contributed by atoms with Gasteiger partial charge >= 0.3 is 0 Å². The summed E-state index contributed by atoms with van der Waals surface area (Å²) in [5.74, 6) is 0.920. The third-order valence-corrected chi connectivity index (χ3v) is 5.45. The molecule has 0 aliphatic heterocycles. The van der Waals surface area contributed by atoms with Crippen LogP contribution in [0.4, 0.5) is 0 Å². The highest BCUT2D eigenvalue weighted by atomic mass is 32.5. The lowest BCUT2D eigenvalue weighted by atomic mass is 10.3. The van der Waals surface area contributed by atoms with Crippen LogP contribution >= 0.6 is 6.49 Å².